The predicted molar refractivity (Wildman–Crippen MR) is 119 cm³/mol. The molecule has 1 atom stereocenters. The van der Waals surface area contributed by atoms with Gasteiger partial charge in [0.1, 0.15) is 17.7 Å². The Hall–Kier alpha value is -3.45. The van der Waals surface area contributed by atoms with E-state index >= 15 is 0 Å². The van der Waals surface area contributed by atoms with E-state index in [1.54, 1.807) is 65.7 Å². The third kappa shape index (κ3) is 4.83. The summed E-state index contributed by atoms with van der Waals surface area (Å²) < 4.78 is 14.0. The highest BCUT2D eigenvalue weighted by Gasteiger charge is 2.31. The van der Waals surface area contributed by atoms with Gasteiger partial charge in [-0.3, -0.25) is 9.69 Å². The van der Waals surface area contributed by atoms with Gasteiger partial charge in [0.2, 0.25) is 0 Å². The van der Waals surface area contributed by atoms with E-state index in [1.165, 1.54) is 6.07 Å². The van der Waals surface area contributed by atoms with Crippen molar-refractivity contribution in [2.45, 2.75) is 18.9 Å². The van der Waals surface area contributed by atoms with Crippen LogP contribution < -0.4 is 15.5 Å². The Labute approximate surface area is 184 Å². The molecule has 1 unspecified atom stereocenters. The number of carbonyl (C=O) groups excluding carboxylic acids is 2. The maximum atomic E-state index is 14.0. The number of carbonyl (C=O) groups is 2. The number of hydrogen-bond acceptors (Lipinski definition) is 3. The molecule has 2 heterocycles. The van der Waals surface area contributed by atoms with E-state index in [4.69, 9.17) is 11.6 Å². The van der Waals surface area contributed by atoms with Crippen LogP contribution in [0, 0.1) is 5.82 Å². The molecule has 2 aromatic carbocycles. The molecule has 6 nitrogen and oxygen atoms in total. The van der Waals surface area contributed by atoms with Crippen molar-refractivity contribution in [3.8, 4) is 11.1 Å². The summed E-state index contributed by atoms with van der Waals surface area (Å²) in [7, 11) is 0. The molecular formula is C23H20ClFN4O2. The number of hydrogen-bond donors (Lipinski definition) is 2. The summed E-state index contributed by atoms with van der Waals surface area (Å²) in [6.07, 6.45) is 2.80. The van der Waals surface area contributed by atoms with Gasteiger partial charge in [-0.15, -0.1) is 0 Å². The van der Waals surface area contributed by atoms with Gasteiger partial charge in [0, 0.05) is 34.6 Å². The minimum absolute atomic E-state index is 0.233. The Morgan fingerprint density at radius 2 is 1.87 bits per heavy atom. The van der Waals surface area contributed by atoms with Crippen LogP contribution in [-0.2, 0) is 4.79 Å². The van der Waals surface area contributed by atoms with Crippen molar-refractivity contribution in [2.75, 3.05) is 16.8 Å². The largest absolute Gasteiger partial charge is 0.326 e. The van der Waals surface area contributed by atoms with Gasteiger partial charge in [-0.1, -0.05) is 29.8 Å². The number of benzene rings is 2. The number of aromatic nitrogens is 1. The molecule has 31 heavy (non-hydrogen) atoms. The van der Waals surface area contributed by atoms with Crippen LogP contribution in [0.5, 0.6) is 0 Å². The van der Waals surface area contributed by atoms with Crippen molar-refractivity contribution in [1.29, 1.82) is 0 Å². The molecule has 0 spiro atoms. The zero-order valence-corrected chi connectivity index (χ0v) is 17.3. The third-order valence-electron chi connectivity index (χ3n) is 5.06. The van der Waals surface area contributed by atoms with Crippen LogP contribution in [0.3, 0.4) is 0 Å². The number of urea groups is 1. The number of amides is 3. The van der Waals surface area contributed by atoms with Gasteiger partial charge in [-0.2, -0.15) is 0 Å². The molecule has 0 radical (unpaired) electrons. The van der Waals surface area contributed by atoms with Crippen LogP contribution in [0.1, 0.15) is 12.8 Å². The highest BCUT2D eigenvalue weighted by atomic mass is 35.5. The Bertz CT molecular complexity index is 1090. The Kier molecular flexibility index (Phi) is 6.13. The number of nitrogens with zero attached hydrogens (tertiary/aromatic N) is 2. The lowest BCUT2D eigenvalue weighted by Gasteiger charge is -2.32. The lowest BCUT2D eigenvalue weighted by Crippen LogP contribution is -2.53. The molecular weight excluding hydrogens is 419 g/mol. The summed E-state index contributed by atoms with van der Waals surface area (Å²) in [5, 5.41) is 5.98. The van der Waals surface area contributed by atoms with Gasteiger partial charge in [0.05, 0.1) is 0 Å². The summed E-state index contributed by atoms with van der Waals surface area (Å²) in [4.78, 5) is 31.1. The first-order chi connectivity index (χ1) is 15.0. The van der Waals surface area contributed by atoms with E-state index in [-0.39, 0.29) is 11.7 Å². The maximum Gasteiger partial charge on any atom is 0.319 e. The van der Waals surface area contributed by atoms with Crippen LogP contribution in [0.4, 0.5) is 20.7 Å². The third-order valence-corrected chi connectivity index (χ3v) is 5.31. The molecule has 3 aromatic rings. The van der Waals surface area contributed by atoms with Crippen molar-refractivity contribution < 1.29 is 14.0 Å². The lowest BCUT2D eigenvalue weighted by molar-refractivity contribution is -0.121. The molecule has 2 N–H and O–H groups in total. The molecule has 158 valence electrons. The predicted octanol–water partition coefficient (Wildman–Crippen LogP) is 4.86. The summed E-state index contributed by atoms with van der Waals surface area (Å²) in [5.74, 6) is -0.0968. The van der Waals surface area contributed by atoms with Gasteiger partial charge in [-0.25, -0.2) is 14.2 Å². The lowest BCUT2D eigenvalue weighted by atomic mass is 10.0. The molecule has 4 rings (SSSR count). The van der Waals surface area contributed by atoms with E-state index < -0.39 is 12.1 Å². The summed E-state index contributed by atoms with van der Waals surface area (Å²) in [6, 6.07) is 15.4. The topological polar surface area (TPSA) is 74.3 Å². The van der Waals surface area contributed by atoms with Crippen molar-refractivity contribution >= 4 is 35.0 Å². The minimum Gasteiger partial charge on any atom is -0.326 e. The summed E-state index contributed by atoms with van der Waals surface area (Å²) in [6.45, 7) is 0.502. The molecule has 3 amide bonds. The van der Waals surface area contributed by atoms with Crippen molar-refractivity contribution in [3.63, 3.8) is 0 Å². The molecule has 1 aliphatic rings. The van der Waals surface area contributed by atoms with Gasteiger partial charge in [0.25, 0.3) is 5.91 Å². The number of rotatable bonds is 4. The van der Waals surface area contributed by atoms with Crippen LogP contribution in [0.2, 0.25) is 5.02 Å². The molecule has 0 saturated carbocycles. The Morgan fingerprint density at radius 1 is 1.10 bits per heavy atom. The highest BCUT2D eigenvalue weighted by Crippen LogP contribution is 2.25. The number of anilines is 2. The molecule has 8 heteroatoms. The number of piperidine rings is 1. The smallest absolute Gasteiger partial charge is 0.319 e. The van der Waals surface area contributed by atoms with E-state index in [1.807, 2.05) is 0 Å². The second-order valence-electron chi connectivity index (χ2n) is 7.17. The number of pyridine rings is 1. The minimum atomic E-state index is -0.658. The molecule has 1 aliphatic heterocycles. The average Bonchev–Trinajstić information content (AvgIpc) is 2.77. The number of halogens is 2. The number of nitrogens with one attached hydrogen (secondary N) is 2. The van der Waals surface area contributed by atoms with E-state index in [9.17, 15) is 14.0 Å². The van der Waals surface area contributed by atoms with Crippen LogP contribution in [0.25, 0.3) is 11.1 Å². The summed E-state index contributed by atoms with van der Waals surface area (Å²) in [5.41, 5.74) is 1.65. The average molecular weight is 439 g/mol. The molecule has 0 bridgehead atoms. The Morgan fingerprint density at radius 3 is 2.58 bits per heavy atom. The normalized spacial score (nSPS) is 16.1. The van der Waals surface area contributed by atoms with E-state index in [2.05, 4.69) is 15.6 Å². The highest BCUT2D eigenvalue weighted by molar-refractivity contribution is 6.30. The van der Waals surface area contributed by atoms with Crippen LogP contribution >= 0.6 is 11.6 Å². The zero-order valence-electron chi connectivity index (χ0n) is 16.5. The standard InChI is InChI=1S/C23H20ClFN4O2/c24-16-8-10-17(11-9-16)27-23(31)28-20-6-3-13-29(22(20)30)21-12-7-15(14-26-21)18-4-1-2-5-19(18)25/h1-2,4-5,7-12,14,20H,3,6,13H2,(H2,27,28,31). The van der Waals surface area contributed by atoms with Crippen LogP contribution in [-0.4, -0.2) is 29.5 Å². The van der Waals surface area contributed by atoms with Crippen LogP contribution in [0.15, 0.2) is 66.9 Å². The monoisotopic (exact) mass is 438 g/mol. The molecule has 1 fully saturated rings. The SMILES string of the molecule is O=C(Nc1ccc(Cl)cc1)NC1CCCN(c2ccc(-c3ccccc3F)cn2)C1=O. The fraction of sp³-hybridized carbons (Fsp3) is 0.174. The molecule has 0 aliphatic carbocycles. The van der Waals surface area contributed by atoms with Crippen molar-refractivity contribution in [2.24, 2.45) is 0 Å². The van der Waals surface area contributed by atoms with Gasteiger partial charge >= 0.3 is 6.03 Å². The maximum absolute atomic E-state index is 14.0. The second kappa shape index (κ2) is 9.14. The fourth-order valence-corrected chi connectivity index (χ4v) is 3.62. The summed E-state index contributed by atoms with van der Waals surface area (Å²) >= 11 is 5.85. The first-order valence-electron chi connectivity index (χ1n) is 9.87. The zero-order chi connectivity index (χ0) is 21.8. The van der Waals surface area contributed by atoms with E-state index in [0.29, 0.717) is 47.0 Å². The quantitative estimate of drug-likeness (QED) is 0.611. The van der Waals surface area contributed by atoms with Crippen molar-refractivity contribution in [3.05, 3.63) is 77.7 Å². The van der Waals surface area contributed by atoms with Gasteiger partial charge in [-0.05, 0) is 55.3 Å². The first-order valence-corrected chi connectivity index (χ1v) is 10.2. The fourth-order valence-electron chi connectivity index (χ4n) is 3.50. The van der Waals surface area contributed by atoms with E-state index in [0.717, 1.165) is 0 Å². The van der Waals surface area contributed by atoms with Gasteiger partial charge in [0.15, 0.2) is 0 Å². The van der Waals surface area contributed by atoms with Gasteiger partial charge < -0.3 is 10.6 Å². The first kappa shape index (κ1) is 20.8. The second-order valence-corrected chi connectivity index (χ2v) is 7.61. The molecule has 1 aromatic heterocycles. The van der Waals surface area contributed by atoms with Crippen molar-refractivity contribution in [1.82, 2.24) is 10.3 Å². The Balaban J connectivity index is 1.43. The molecule has 1 saturated heterocycles.